The van der Waals surface area contributed by atoms with Crippen LogP contribution in [0.1, 0.15) is 25.0 Å². The maximum absolute atomic E-state index is 2.49. The van der Waals surface area contributed by atoms with Crippen molar-refractivity contribution in [2.75, 3.05) is 0 Å². The van der Waals surface area contributed by atoms with Gasteiger partial charge in [-0.05, 0) is 150 Å². The summed E-state index contributed by atoms with van der Waals surface area (Å²) in [6.45, 7) is 4.76. The Hall–Kier alpha value is -8.06. The standard InChI is InChI=1S/C65H44/c1-65(2)59-27-15-14-20-49(59)50-36-35-48(40-60(50)65)64-56-26-13-12-25-55(56)63(47-33-30-41-16-6-7-19-45(41)38-47)57-37-34-46(39-58(57)64)42-28-31-44(32-29-42)62-53-23-10-8-21-51(53)61(43-17-4-3-5-18-43)52-22-9-11-24-54(52)62/h3-40H,1-2H3. The maximum Gasteiger partial charge on any atom is 0.0159 e. The van der Waals surface area contributed by atoms with E-state index in [9.17, 15) is 0 Å². The first-order valence-corrected chi connectivity index (χ1v) is 22.8. The normalized spacial score (nSPS) is 12.9. The Morgan fingerprint density at radius 2 is 0.646 bits per heavy atom. The molecule has 0 radical (unpaired) electrons. The first-order valence-electron chi connectivity index (χ1n) is 22.8. The van der Waals surface area contributed by atoms with E-state index >= 15 is 0 Å². The van der Waals surface area contributed by atoms with E-state index in [2.05, 4.69) is 244 Å². The average Bonchev–Trinajstić information content (AvgIpc) is 3.59. The van der Waals surface area contributed by atoms with Crippen LogP contribution in [0.2, 0.25) is 0 Å². The first-order chi connectivity index (χ1) is 32.0. The monoisotopic (exact) mass is 824 g/mol. The lowest BCUT2D eigenvalue weighted by Gasteiger charge is -2.23. The van der Waals surface area contributed by atoms with E-state index < -0.39 is 0 Å². The lowest BCUT2D eigenvalue weighted by atomic mass is 9.80. The highest BCUT2D eigenvalue weighted by atomic mass is 14.4. The molecule has 0 aromatic heterocycles. The molecule has 304 valence electrons. The Labute approximate surface area is 379 Å². The fraction of sp³-hybridized carbons (Fsp3) is 0.0462. The lowest BCUT2D eigenvalue weighted by molar-refractivity contribution is 0.660. The van der Waals surface area contributed by atoms with Gasteiger partial charge in [0.25, 0.3) is 0 Å². The topological polar surface area (TPSA) is 0 Å². The number of rotatable bonds is 5. The van der Waals surface area contributed by atoms with Gasteiger partial charge in [0, 0.05) is 5.41 Å². The van der Waals surface area contributed by atoms with E-state index in [0.29, 0.717) is 0 Å². The highest BCUT2D eigenvalue weighted by molar-refractivity contribution is 6.23. The smallest absolute Gasteiger partial charge is 0.0159 e. The van der Waals surface area contributed by atoms with Crippen LogP contribution < -0.4 is 0 Å². The van der Waals surface area contributed by atoms with Crippen LogP contribution in [0.4, 0.5) is 0 Å². The Morgan fingerprint density at radius 3 is 1.29 bits per heavy atom. The number of hydrogen-bond acceptors (Lipinski definition) is 0. The quantitative estimate of drug-likeness (QED) is 0.152. The van der Waals surface area contributed by atoms with Gasteiger partial charge in [-0.1, -0.05) is 226 Å². The van der Waals surface area contributed by atoms with Crippen molar-refractivity contribution in [2.24, 2.45) is 0 Å². The summed E-state index contributed by atoms with van der Waals surface area (Å²) in [5.41, 5.74) is 17.8. The van der Waals surface area contributed by atoms with E-state index in [1.165, 1.54) is 132 Å². The summed E-state index contributed by atoms with van der Waals surface area (Å²) in [6, 6.07) is 86.0. The highest BCUT2D eigenvalue weighted by Crippen LogP contribution is 2.52. The van der Waals surface area contributed by atoms with Crippen LogP contribution in [0.3, 0.4) is 0 Å². The molecule has 1 aliphatic carbocycles. The summed E-state index contributed by atoms with van der Waals surface area (Å²) >= 11 is 0. The maximum atomic E-state index is 2.49. The van der Waals surface area contributed by atoms with Gasteiger partial charge in [0.2, 0.25) is 0 Å². The summed E-state index contributed by atoms with van der Waals surface area (Å²) in [5.74, 6) is 0. The molecule has 0 heteroatoms. The molecular formula is C65H44. The Balaban J connectivity index is 1.02. The van der Waals surface area contributed by atoms with E-state index in [1.54, 1.807) is 0 Å². The lowest BCUT2D eigenvalue weighted by Crippen LogP contribution is -2.14. The van der Waals surface area contributed by atoms with Gasteiger partial charge in [-0.3, -0.25) is 0 Å². The summed E-state index contributed by atoms with van der Waals surface area (Å²) < 4.78 is 0. The van der Waals surface area contributed by atoms with Crippen LogP contribution in [-0.2, 0) is 5.41 Å². The van der Waals surface area contributed by atoms with E-state index in [-0.39, 0.29) is 5.41 Å². The van der Waals surface area contributed by atoms with Crippen molar-refractivity contribution in [1.29, 1.82) is 0 Å². The third kappa shape index (κ3) is 5.77. The molecule has 0 unspecified atom stereocenters. The van der Waals surface area contributed by atoms with Crippen molar-refractivity contribution in [3.63, 3.8) is 0 Å². The Bertz CT molecular complexity index is 3830. The summed E-state index contributed by atoms with van der Waals surface area (Å²) in [6.07, 6.45) is 0. The molecule has 12 aromatic carbocycles. The molecule has 0 amide bonds. The van der Waals surface area contributed by atoms with E-state index in [1.807, 2.05) is 0 Å². The second-order valence-electron chi connectivity index (χ2n) is 18.3. The molecule has 0 nitrogen and oxygen atoms in total. The third-order valence-electron chi connectivity index (χ3n) is 14.4. The molecule has 0 saturated carbocycles. The SMILES string of the molecule is CC1(C)c2ccccc2-c2ccc(-c3c4ccccc4c(-c4ccc5ccccc5c4)c4ccc(-c5ccc(-c6c7ccccc7c(-c7ccccc7)c7ccccc67)cc5)cc34)cc21. The second-order valence-corrected chi connectivity index (χ2v) is 18.3. The number of benzene rings is 12. The zero-order chi connectivity index (χ0) is 43.2. The second kappa shape index (κ2) is 14.5. The van der Waals surface area contributed by atoms with Crippen molar-refractivity contribution >= 4 is 53.9 Å². The van der Waals surface area contributed by atoms with E-state index in [4.69, 9.17) is 0 Å². The van der Waals surface area contributed by atoms with Crippen molar-refractivity contribution < 1.29 is 0 Å². The zero-order valence-corrected chi connectivity index (χ0v) is 36.4. The fourth-order valence-corrected chi connectivity index (χ4v) is 11.4. The van der Waals surface area contributed by atoms with Gasteiger partial charge in [-0.15, -0.1) is 0 Å². The Morgan fingerprint density at radius 1 is 0.231 bits per heavy atom. The van der Waals surface area contributed by atoms with Gasteiger partial charge in [0.15, 0.2) is 0 Å². The molecule has 0 fully saturated rings. The average molecular weight is 825 g/mol. The Kier molecular flexibility index (Phi) is 8.36. The van der Waals surface area contributed by atoms with E-state index in [0.717, 1.165) is 0 Å². The van der Waals surface area contributed by atoms with Crippen LogP contribution in [-0.4, -0.2) is 0 Å². The van der Waals surface area contributed by atoms with Gasteiger partial charge in [-0.25, -0.2) is 0 Å². The predicted octanol–water partition coefficient (Wildman–Crippen LogP) is 18.1. The minimum Gasteiger partial charge on any atom is -0.0622 e. The summed E-state index contributed by atoms with van der Waals surface area (Å²) in [7, 11) is 0. The minimum absolute atomic E-state index is 0.107. The van der Waals surface area contributed by atoms with Gasteiger partial charge in [0.1, 0.15) is 0 Å². The van der Waals surface area contributed by atoms with Crippen LogP contribution in [0.5, 0.6) is 0 Å². The van der Waals surface area contributed by atoms with Crippen LogP contribution in [0, 0.1) is 0 Å². The van der Waals surface area contributed by atoms with Crippen LogP contribution in [0.25, 0.3) is 121 Å². The molecule has 12 aromatic rings. The molecule has 13 rings (SSSR count). The minimum atomic E-state index is -0.107. The molecule has 65 heavy (non-hydrogen) atoms. The largest absolute Gasteiger partial charge is 0.0622 e. The third-order valence-corrected chi connectivity index (χ3v) is 14.4. The fourth-order valence-electron chi connectivity index (χ4n) is 11.4. The van der Waals surface area contributed by atoms with Crippen molar-refractivity contribution in [1.82, 2.24) is 0 Å². The molecule has 0 bridgehead atoms. The van der Waals surface area contributed by atoms with Gasteiger partial charge < -0.3 is 0 Å². The molecule has 0 aliphatic heterocycles. The van der Waals surface area contributed by atoms with Gasteiger partial charge in [0.05, 0.1) is 0 Å². The molecule has 1 aliphatic rings. The summed E-state index contributed by atoms with van der Waals surface area (Å²) in [5, 5.41) is 12.6. The highest BCUT2D eigenvalue weighted by Gasteiger charge is 2.35. The van der Waals surface area contributed by atoms with Crippen molar-refractivity contribution in [2.45, 2.75) is 19.3 Å². The molecular weight excluding hydrogens is 781 g/mol. The summed E-state index contributed by atoms with van der Waals surface area (Å²) in [4.78, 5) is 0. The van der Waals surface area contributed by atoms with Gasteiger partial charge >= 0.3 is 0 Å². The van der Waals surface area contributed by atoms with Crippen LogP contribution >= 0.6 is 0 Å². The number of fused-ring (bicyclic) bond motifs is 8. The van der Waals surface area contributed by atoms with Crippen molar-refractivity contribution in [3.05, 3.63) is 242 Å². The number of hydrogen-bond donors (Lipinski definition) is 0. The van der Waals surface area contributed by atoms with Gasteiger partial charge in [-0.2, -0.15) is 0 Å². The molecule has 0 N–H and O–H groups in total. The van der Waals surface area contributed by atoms with Crippen LogP contribution in [0.15, 0.2) is 231 Å². The molecule has 0 atom stereocenters. The zero-order valence-electron chi connectivity index (χ0n) is 36.4. The predicted molar refractivity (Wildman–Crippen MR) is 279 cm³/mol. The molecule has 0 heterocycles. The van der Waals surface area contributed by atoms with Crippen molar-refractivity contribution in [3.8, 4) is 66.8 Å². The molecule has 0 spiro atoms. The first kappa shape index (κ1) is 37.5. The molecule has 0 saturated heterocycles.